The van der Waals surface area contributed by atoms with E-state index in [1.807, 2.05) is 0 Å². The molecule has 1 heterocycles. The molecule has 0 radical (unpaired) electrons. The molecule has 2 heteroatoms. The minimum absolute atomic E-state index is 0.727. The van der Waals surface area contributed by atoms with Gasteiger partial charge in [-0.1, -0.05) is 12.1 Å². The number of benzene rings is 1. The Hall–Kier alpha value is -1.02. The van der Waals surface area contributed by atoms with E-state index in [-0.39, 0.29) is 0 Å². The van der Waals surface area contributed by atoms with Crippen molar-refractivity contribution in [2.24, 2.45) is 0 Å². The summed E-state index contributed by atoms with van der Waals surface area (Å²) in [7, 11) is 1.74. The Morgan fingerprint density at radius 2 is 2.42 bits per heavy atom. The highest BCUT2D eigenvalue weighted by Gasteiger charge is 2.12. The van der Waals surface area contributed by atoms with Crippen molar-refractivity contribution in [3.63, 3.8) is 0 Å². The molecular weight excluding hydrogens is 150 g/mol. The van der Waals surface area contributed by atoms with E-state index in [0.29, 0.717) is 0 Å². The van der Waals surface area contributed by atoms with Gasteiger partial charge in [-0.05, 0) is 23.6 Å². The first-order valence-corrected chi connectivity index (χ1v) is 4.25. The number of hydrogen-bond donors (Lipinski definition) is 1. The number of nitrogens with one attached hydrogen (secondary N) is 1. The van der Waals surface area contributed by atoms with Crippen LogP contribution in [0.2, 0.25) is 0 Å². The second-order valence-corrected chi connectivity index (χ2v) is 3.05. The summed E-state index contributed by atoms with van der Waals surface area (Å²) in [4.78, 5) is 0. The SMILES string of the molecule is COCc1cccc2c1CCN2. The molecule has 0 saturated carbocycles. The van der Waals surface area contributed by atoms with Crippen molar-refractivity contribution >= 4 is 5.69 Å². The monoisotopic (exact) mass is 163 g/mol. The number of anilines is 1. The predicted molar refractivity (Wildman–Crippen MR) is 49.3 cm³/mol. The van der Waals surface area contributed by atoms with Gasteiger partial charge in [-0.2, -0.15) is 0 Å². The van der Waals surface area contributed by atoms with E-state index in [9.17, 15) is 0 Å². The Labute approximate surface area is 72.5 Å². The normalized spacial score (nSPS) is 14.1. The van der Waals surface area contributed by atoms with Gasteiger partial charge < -0.3 is 10.1 Å². The van der Waals surface area contributed by atoms with Gasteiger partial charge in [-0.25, -0.2) is 0 Å². The van der Waals surface area contributed by atoms with Crippen LogP contribution in [-0.4, -0.2) is 13.7 Å². The lowest BCUT2D eigenvalue weighted by Crippen LogP contribution is -1.92. The van der Waals surface area contributed by atoms with Crippen LogP contribution in [0.25, 0.3) is 0 Å². The fraction of sp³-hybridized carbons (Fsp3) is 0.400. The standard InChI is InChI=1S/C10H13NO/c1-12-7-8-3-2-4-10-9(8)5-6-11-10/h2-4,11H,5-7H2,1H3. The fourth-order valence-corrected chi connectivity index (χ4v) is 1.71. The molecular formula is C10H13NO. The molecule has 1 aliphatic rings. The summed E-state index contributed by atoms with van der Waals surface area (Å²) < 4.78 is 5.13. The zero-order valence-electron chi connectivity index (χ0n) is 7.26. The Morgan fingerprint density at radius 1 is 1.50 bits per heavy atom. The third-order valence-electron chi connectivity index (χ3n) is 2.26. The molecule has 0 unspecified atom stereocenters. The van der Waals surface area contributed by atoms with Crippen molar-refractivity contribution < 1.29 is 4.74 Å². The molecule has 2 nitrogen and oxygen atoms in total. The Bertz CT molecular complexity index is 283. The third kappa shape index (κ3) is 1.18. The van der Waals surface area contributed by atoms with Gasteiger partial charge in [0.25, 0.3) is 0 Å². The fourth-order valence-electron chi connectivity index (χ4n) is 1.71. The van der Waals surface area contributed by atoms with E-state index in [1.165, 1.54) is 16.8 Å². The number of ether oxygens (including phenoxy) is 1. The third-order valence-corrected chi connectivity index (χ3v) is 2.26. The van der Waals surface area contributed by atoms with Crippen LogP contribution in [0.1, 0.15) is 11.1 Å². The molecule has 0 aliphatic carbocycles. The molecule has 64 valence electrons. The molecule has 1 N–H and O–H groups in total. The lowest BCUT2D eigenvalue weighted by atomic mass is 10.1. The number of fused-ring (bicyclic) bond motifs is 1. The Balaban J connectivity index is 2.36. The highest BCUT2D eigenvalue weighted by Crippen LogP contribution is 2.25. The van der Waals surface area contributed by atoms with Crippen molar-refractivity contribution in [2.45, 2.75) is 13.0 Å². The van der Waals surface area contributed by atoms with Gasteiger partial charge in [0.1, 0.15) is 0 Å². The van der Waals surface area contributed by atoms with Gasteiger partial charge in [-0.15, -0.1) is 0 Å². The topological polar surface area (TPSA) is 21.3 Å². The zero-order valence-corrected chi connectivity index (χ0v) is 7.26. The maximum atomic E-state index is 5.13. The number of rotatable bonds is 2. The quantitative estimate of drug-likeness (QED) is 0.717. The number of hydrogen-bond acceptors (Lipinski definition) is 2. The molecule has 0 bridgehead atoms. The molecule has 1 aromatic carbocycles. The molecule has 0 aromatic heterocycles. The molecule has 0 fully saturated rings. The van der Waals surface area contributed by atoms with Crippen LogP contribution >= 0.6 is 0 Å². The second kappa shape index (κ2) is 3.15. The van der Waals surface area contributed by atoms with Crippen molar-refractivity contribution in [3.05, 3.63) is 29.3 Å². The summed E-state index contributed by atoms with van der Waals surface area (Å²) in [5.41, 5.74) is 4.03. The number of methoxy groups -OCH3 is 1. The van der Waals surface area contributed by atoms with Crippen molar-refractivity contribution in [1.29, 1.82) is 0 Å². The Morgan fingerprint density at radius 3 is 3.25 bits per heavy atom. The average Bonchev–Trinajstić information content (AvgIpc) is 2.53. The smallest absolute Gasteiger partial charge is 0.0716 e. The summed E-state index contributed by atoms with van der Waals surface area (Å²) in [5, 5.41) is 3.34. The van der Waals surface area contributed by atoms with E-state index < -0.39 is 0 Å². The first-order chi connectivity index (χ1) is 5.92. The first-order valence-electron chi connectivity index (χ1n) is 4.25. The highest BCUT2D eigenvalue weighted by atomic mass is 16.5. The van der Waals surface area contributed by atoms with E-state index in [4.69, 9.17) is 4.74 Å². The van der Waals surface area contributed by atoms with Crippen LogP contribution in [0, 0.1) is 0 Å². The van der Waals surface area contributed by atoms with Crippen LogP contribution in [-0.2, 0) is 17.8 Å². The maximum Gasteiger partial charge on any atom is 0.0716 e. The van der Waals surface area contributed by atoms with Gasteiger partial charge in [0, 0.05) is 19.3 Å². The van der Waals surface area contributed by atoms with E-state index in [2.05, 4.69) is 23.5 Å². The minimum Gasteiger partial charge on any atom is -0.384 e. The van der Waals surface area contributed by atoms with Crippen molar-refractivity contribution in [2.75, 3.05) is 19.0 Å². The summed E-state index contributed by atoms with van der Waals surface area (Å²) in [5.74, 6) is 0. The van der Waals surface area contributed by atoms with Crippen molar-refractivity contribution in [1.82, 2.24) is 0 Å². The van der Waals surface area contributed by atoms with E-state index in [0.717, 1.165) is 19.6 Å². The lowest BCUT2D eigenvalue weighted by molar-refractivity contribution is 0.184. The van der Waals surface area contributed by atoms with Crippen molar-refractivity contribution in [3.8, 4) is 0 Å². The van der Waals surface area contributed by atoms with Gasteiger partial charge in [0.2, 0.25) is 0 Å². The van der Waals surface area contributed by atoms with Crippen LogP contribution in [0.3, 0.4) is 0 Å². The summed E-state index contributed by atoms with van der Waals surface area (Å²) in [6.07, 6.45) is 1.13. The summed E-state index contributed by atoms with van der Waals surface area (Å²) >= 11 is 0. The van der Waals surface area contributed by atoms with Gasteiger partial charge in [-0.3, -0.25) is 0 Å². The molecule has 2 rings (SSSR count). The molecule has 0 saturated heterocycles. The second-order valence-electron chi connectivity index (χ2n) is 3.05. The van der Waals surface area contributed by atoms with Gasteiger partial charge in [0.05, 0.1) is 6.61 Å². The largest absolute Gasteiger partial charge is 0.384 e. The molecule has 0 amide bonds. The lowest BCUT2D eigenvalue weighted by Gasteiger charge is -2.05. The van der Waals surface area contributed by atoms with Crippen LogP contribution in [0.4, 0.5) is 5.69 Å². The Kier molecular flexibility index (Phi) is 2.00. The minimum atomic E-state index is 0.727. The average molecular weight is 163 g/mol. The zero-order chi connectivity index (χ0) is 8.39. The van der Waals surface area contributed by atoms with Gasteiger partial charge >= 0.3 is 0 Å². The summed E-state index contributed by atoms with van der Waals surface area (Å²) in [6.45, 7) is 1.79. The highest BCUT2D eigenvalue weighted by molar-refractivity contribution is 5.58. The van der Waals surface area contributed by atoms with Crippen LogP contribution < -0.4 is 5.32 Å². The molecule has 1 aliphatic heterocycles. The molecule has 1 aromatic rings. The van der Waals surface area contributed by atoms with E-state index in [1.54, 1.807) is 7.11 Å². The van der Waals surface area contributed by atoms with Crippen LogP contribution in [0.5, 0.6) is 0 Å². The predicted octanol–water partition coefficient (Wildman–Crippen LogP) is 1.80. The summed E-state index contributed by atoms with van der Waals surface area (Å²) in [6, 6.07) is 6.34. The van der Waals surface area contributed by atoms with Crippen LogP contribution in [0.15, 0.2) is 18.2 Å². The maximum absolute atomic E-state index is 5.13. The molecule has 0 spiro atoms. The van der Waals surface area contributed by atoms with Gasteiger partial charge in [0.15, 0.2) is 0 Å². The molecule has 12 heavy (non-hydrogen) atoms. The van der Waals surface area contributed by atoms with E-state index >= 15 is 0 Å². The first kappa shape index (κ1) is 7.62. The molecule has 0 atom stereocenters.